The number of thioether (sulfide) groups is 1. The van der Waals surface area contributed by atoms with Crippen LogP contribution in [0.25, 0.3) is 11.3 Å². The van der Waals surface area contributed by atoms with E-state index >= 15 is 0 Å². The Hall–Kier alpha value is -1.99. The van der Waals surface area contributed by atoms with E-state index in [1.807, 2.05) is 24.3 Å². The minimum atomic E-state index is 0.546. The Morgan fingerprint density at radius 2 is 2.04 bits per heavy atom. The van der Waals surface area contributed by atoms with Crippen molar-refractivity contribution in [2.24, 2.45) is 0 Å². The fraction of sp³-hybridized carbons (Fsp3) is 0.421. The normalized spacial score (nSPS) is 17.0. The lowest BCUT2D eigenvalue weighted by Gasteiger charge is -2.17. The second-order valence-corrected chi connectivity index (χ2v) is 8.37. The van der Waals surface area contributed by atoms with Crippen LogP contribution in [-0.4, -0.2) is 32.8 Å². The fourth-order valence-electron chi connectivity index (χ4n) is 3.43. The van der Waals surface area contributed by atoms with Gasteiger partial charge in [0.15, 0.2) is 10.9 Å². The molecule has 0 atom stereocenters. The number of hydrogen-bond acceptors (Lipinski definition) is 6. The van der Waals surface area contributed by atoms with Crippen molar-refractivity contribution in [3.63, 3.8) is 0 Å². The third kappa shape index (κ3) is 3.58. The Morgan fingerprint density at radius 3 is 2.81 bits per heavy atom. The first-order chi connectivity index (χ1) is 13.3. The highest BCUT2D eigenvalue weighted by atomic mass is 35.5. The van der Waals surface area contributed by atoms with Gasteiger partial charge in [-0.15, -0.1) is 10.2 Å². The molecule has 0 bridgehead atoms. The molecule has 1 saturated heterocycles. The molecule has 2 aromatic heterocycles. The molecule has 140 valence electrons. The Morgan fingerprint density at radius 1 is 1.19 bits per heavy atom. The predicted molar refractivity (Wildman–Crippen MR) is 106 cm³/mol. The summed E-state index contributed by atoms with van der Waals surface area (Å²) in [6, 6.07) is 8.15. The van der Waals surface area contributed by atoms with Crippen molar-refractivity contribution in [3.8, 4) is 11.3 Å². The van der Waals surface area contributed by atoms with Crippen molar-refractivity contribution < 1.29 is 4.42 Å². The summed E-state index contributed by atoms with van der Waals surface area (Å²) in [6.07, 6.45) is 6.66. The Bertz CT molecular complexity index is 945. The zero-order valence-electron chi connectivity index (χ0n) is 14.8. The number of aromatic nitrogens is 4. The first-order valence-electron chi connectivity index (χ1n) is 9.31. The van der Waals surface area contributed by atoms with Gasteiger partial charge < -0.3 is 9.32 Å². The molecule has 3 aromatic rings. The highest BCUT2D eigenvalue weighted by Gasteiger charge is 2.32. The number of benzene rings is 1. The second kappa shape index (κ2) is 7.20. The predicted octanol–water partition coefficient (Wildman–Crippen LogP) is 4.81. The topological polar surface area (TPSA) is 60.0 Å². The quantitative estimate of drug-likeness (QED) is 0.552. The molecule has 1 aromatic carbocycles. The number of rotatable bonds is 6. The largest absolute Gasteiger partial charge is 0.440 e. The molecule has 0 N–H and O–H groups in total. The highest BCUT2D eigenvalue weighted by Crippen LogP contribution is 2.42. The highest BCUT2D eigenvalue weighted by molar-refractivity contribution is 7.98. The van der Waals surface area contributed by atoms with Crippen LogP contribution in [0.5, 0.6) is 0 Å². The van der Waals surface area contributed by atoms with Crippen molar-refractivity contribution in [2.45, 2.75) is 42.6 Å². The number of halogens is 1. The molecule has 3 heterocycles. The van der Waals surface area contributed by atoms with Crippen LogP contribution in [-0.2, 0) is 5.75 Å². The summed E-state index contributed by atoms with van der Waals surface area (Å²) < 4.78 is 8.23. The average Bonchev–Trinajstić information content (AvgIpc) is 3.09. The van der Waals surface area contributed by atoms with E-state index in [1.165, 1.54) is 25.7 Å². The average molecular weight is 402 g/mol. The smallest absolute Gasteiger partial charge is 0.228 e. The van der Waals surface area contributed by atoms with Crippen molar-refractivity contribution in [1.29, 1.82) is 0 Å². The van der Waals surface area contributed by atoms with Gasteiger partial charge in [-0.1, -0.05) is 35.5 Å². The van der Waals surface area contributed by atoms with Crippen LogP contribution < -0.4 is 4.90 Å². The summed E-state index contributed by atoms with van der Waals surface area (Å²) in [7, 11) is 0. The molecule has 1 aliphatic carbocycles. The molecule has 6 nitrogen and oxygen atoms in total. The van der Waals surface area contributed by atoms with Crippen molar-refractivity contribution in [2.75, 3.05) is 18.0 Å². The van der Waals surface area contributed by atoms with Crippen LogP contribution in [0.3, 0.4) is 0 Å². The van der Waals surface area contributed by atoms with Gasteiger partial charge in [0.25, 0.3) is 0 Å². The van der Waals surface area contributed by atoms with E-state index in [0.29, 0.717) is 22.7 Å². The Balaban J connectivity index is 1.32. The van der Waals surface area contributed by atoms with Gasteiger partial charge in [-0.05, 0) is 37.8 Å². The van der Waals surface area contributed by atoms with Gasteiger partial charge in [0.1, 0.15) is 0 Å². The fourth-order valence-corrected chi connectivity index (χ4v) is 4.48. The second-order valence-electron chi connectivity index (χ2n) is 7.00. The van der Waals surface area contributed by atoms with E-state index in [4.69, 9.17) is 16.0 Å². The molecule has 5 rings (SSSR count). The van der Waals surface area contributed by atoms with Gasteiger partial charge in [0.05, 0.1) is 11.9 Å². The molecule has 2 aliphatic rings. The van der Waals surface area contributed by atoms with Crippen LogP contribution in [0.2, 0.25) is 5.02 Å². The summed E-state index contributed by atoms with van der Waals surface area (Å²) in [6.45, 7) is 2.16. The minimum Gasteiger partial charge on any atom is -0.440 e. The van der Waals surface area contributed by atoms with Gasteiger partial charge in [-0.2, -0.15) is 0 Å². The third-order valence-corrected chi connectivity index (χ3v) is 6.10. The maximum atomic E-state index is 6.06. The van der Waals surface area contributed by atoms with Crippen LogP contribution >= 0.6 is 23.4 Å². The van der Waals surface area contributed by atoms with Gasteiger partial charge in [0, 0.05) is 29.7 Å². The number of hydrogen-bond donors (Lipinski definition) is 0. The van der Waals surface area contributed by atoms with E-state index in [0.717, 1.165) is 35.5 Å². The summed E-state index contributed by atoms with van der Waals surface area (Å²) in [5, 5.41) is 10.6. The van der Waals surface area contributed by atoms with Crippen molar-refractivity contribution >= 4 is 29.3 Å². The standard InChI is InChI=1S/C19H20ClN5OS/c20-14-5-3-4-13(10-14)16-11-21-17(26-16)12-27-19-23-22-18(24-8-1-2-9-24)25(19)15-6-7-15/h3-5,10-11,15H,1-2,6-9,12H2. The van der Waals surface area contributed by atoms with E-state index in [2.05, 4.69) is 24.6 Å². The lowest BCUT2D eigenvalue weighted by atomic mass is 10.2. The molecule has 0 unspecified atom stereocenters. The van der Waals surface area contributed by atoms with E-state index in [1.54, 1.807) is 18.0 Å². The van der Waals surface area contributed by atoms with E-state index < -0.39 is 0 Å². The molecule has 8 heteroatoms. The van der Waals surface area contributed by atoms with Crippen LogP contribution in [0, 0.1) is 0 Å². The molecule has 0 amide bonds. The maximum absolute atomic E-state index is 6.06. The first kappa shape index (κ1) is 17.1. The Kier molecular flexibility index (Phi) is 4.57. The zero-order valence-corrected chi connectivity index (χ0v) is 16.4. The molecule has 1 saturated carbocycles. The van der Waals surface area contributed by atoms with E-state index in [-0.39, 0.29) is 0 Å². The van der Waals surface area contributed by atoms with Crippen LogP contribution in [0.15, 0.2) is 40.0 Å². The monoisotopic (exact) mass is 401 g/mol. The maximum Gasteiger partial charge on any atom is 0.228 e. The molecule has 0 radical (unpaired) electrons. The van der Waals surface area contributed by atoms with Crippen LogP contribution in [0.4, 0.5) is 5.95 Å². The first-order valence-corrected chi connectivity index (χ1v) is 10.7. The van der Waals surface area contributed by atoms with Gasteiger partial charge in [0.2, 0.25) is 11.8 Å². The molecular formula is C19H20ClN5OS. The third-order valence-electron chi connectivity index (χ3n) is 4.93. The summed E-state index contributed by atoms with van der Waals surface area (Å²) >= 11 is 7.70. The number of anilines is 1. The number of nitrogens with zero attached hydrogens (tertiary/aromatic N) is 5. The van der Waals surface area contributed by atoms with Gasteiger partial charge in [-0.25, -0.2) is 4.98 Å². The number of oxazole rings is 1. The SMILES string of the molecule is Clc1cccc(-c2cnc(CSc3nnc(N4CCCC4)n3C3CC3)o2)c1. The lowest BCUT2D eigenvalue weighted by molar-refractivity contribution is 0.529. The zero-order chi connectivity index (χ0) is 18.2. The molecule has 1 aliphatic heterocycles. The Labute approximate surface area is 166 Å². The van der Waals surface area contributed by atoms with E-state index in [9.17, 15) is 0 Å². The molecule has 27 heavy (non-hydrogen) atoms. The summed E-state index contributed by atoms with van der Waals surface area (Å²) in [4.78, 5) is 6.77. The van der Waals surface area contributed by atoms with Gasteiger partial charge >= 0.3 is 0 Å². The summed E-state index contributed by atoms with van der Waals surface area (Å²) in [5.41, 5.74) is 0.934. The van der Waals surface area contributed by atoms with Crippen LogP contribution in [0.1, 0.15) is 37.6 Å². The van der Waals surface area contributed by atoms with Crippen molar-refractivity contribution in [3.05, 3.63) is 41.4 Å². The molecule has 2 fully saturated rings. The summed E-state index contributed by atoms with van der Waals surface area (Å²) in [5.74, 6) is 3.08. The van der Waals surface area contributed by atoms with Crippen molar-refractivity contribution in [1.82, 2.24) is 19.7 Å². The minimum absolute atomic E-state index is 0.546. The molecular weight excluding hydrogens is 382 g/mol. The molecule has 0 spiro atoms. The van der Waals surface area contributed by atoms with Gasteiger partial charge in [-0.3, -0.25) is 4.57 Å². The lowest BCUT2D eigenvalue weighted by Crippen LogP contribution is -2.22.